The molecule has 2 aliphatic rings. The van der Waals surface area contributed by atoms with E-state index in [0.29, 0.717) is 13.0 Å². The van der Waals surface area contributed by atoms with Crippen LogP contribution >= 0.6 is 0 Å². The Bertz CT molecular complexity index is 908. The van der Waals surface area contributed by atoms with E-state index >= 15 is 0 Å². The molecule has 3 heterocycles. The number of amides is 1. The summed E-state index contributed by atoms with van der Waals surface area (Å²) in [5.41, 5.74) is 5.97. The van der Waals surface area contributed by atoms with Crippen molar-refractivity contribution in [3.63, 3.8) is 0 Å². The summed E-state index contributed by atoms with van der Waals surface area (Å²) in [4.78, 5) is 26.9. The normalized spacial score (nSPS) is 19.3. The summed E-state index contributed by atoms with van der Waals surface area (Å²) < 4.78 is 0. The molecule has 6 heteroatoms. The highest BCUT2D eigenvalue weighted by atomic mass is 16.2. The van der Waals surface area contributed by atoms with Crippen molar-refractivity contribution < 1.29 is 4.79 Å². The van der Waals surface area contributed by atoms with Crippen LogP contribution in [0.3, 0.4) is 0 Å². The molecule has 1 N–H and O–H groups in total. The number of fused-ring (bicyclic) bond motifs is 1. The maximum absolute atomic E-state index is 12.8. The van der Waals surface area contributed by atoms with E-state index in [1.54, 1.807) is 0 Å². The van der Waals surface area contributed by atoms with E-state index in [9.17, 15) is 4.79 Å². The van der Waals surface area contributed by atoms with Crippen LogP contribution in [0.4, 0.5) is 5.82 Å². The molecule has 0 spiro atoms. The molecule has 1 aromatic heterocycles. The third-order valence-electron chi connectivity index (χ3n) is 6.34. The molecule has 0 unspecified atom stereocenters. The first kappa shape index (κ1) is 19.8. The van der Waals surface area contributed by atoms with Crippen LogP contribution in [0.5, 0.6) is 0 Å². The second kappa shape index (κ2) is 8.11. The van der Waals surface area contributed by atoms with Crippen LogP contribution < -0.4 is 5.32 Å². The third kappa shape index (κ3) is 4.13. The van der Waals surface area contributed by atoms with Crippen LogP contribution in [0.2, 0.25) is 0 Å². The van der Waals surface area contributed by atoms with E-state index in [4.69, 9.17) is 9.97 Å². The van der Waals surface area contributed by atoms with Gasteiger partial charge in [-0.3, -0.25) is 4.79 Å². The van der Waals surface area contributed by atoms with Crippen LogP contribution in [0.1, 0.15) is 46.1 Å². The summed E-state index contributed by atoms with van der Waals surface area (Å²) in [5.74, 6) is 2.25. The molecule has 6 nitrogen and oxygen atoms in total. The van der Waals surface area contributed by atoms with Crippen LogP contribution in [0.25, 0.3) is 0 Å². The number of benzene rings is 1. The number of nitrogens with zero attached hydrogens (tertiary/aromatic N) is 4. The highest BCUT2D eigenvalue weighted by Crippen LogP contribution is 2.30. The zero-order chi connectivity index (χ0) is 20.5. The molecule has 4 rings (SSSR count). The summed E-state index contributed by atoms with van der Waals surface area (Å²) in [6.45, 7) is 7.61. The first-order valence-electron chi connectivity index (χ1n) is 10.5. The number of hydrogen-bond donors (Lipinski definition) is 1. The van der Waals surface area contributed by atoms with E-state index < -0.39 is 0 Å². The molecule has 0 aliphatic carbocycles. The third-order valence-corrected chi connectivity index (χ3v) is 6.34. The van der Waals surface area contributed by atoms with Crippen LogP contribution in [-0.4, -0.2) is 59.4 Å². The van der Waals surface area contributed by atoms with Crippen molar-refractivity contribution in [3.05, 3.63) is 52.0 Å². The van der Waals surface area contributed by atoms with Crippen molar-refractivity contribution in [2.75, 3.05) is 39.0 Å². The van der Waals surface area contributed by atoms with Gasteiger partial charge in [0, 0.05) is 51.1 Å². The molecule has 2 aromatic rings. The Morgan fingerprint density at radius 1 is 1.21 bits per heavy atom. The molecule has 154 valence electrons. The molecule has 2 aliphatic heterocycles. The average molecular weight is 394 g/mol. The monoisotopic (exact) mass is 393 g/mol. The summed E-state index contributed by atoms with van der Waals surface area (Å²) in [6, 6.07) is 6.29. The standard InChI is InChI=1S/C23H31N5O/c1-15-5-6-17(11-16(15)2)12-21(29)28-10-7-18(13-28)22-25-20-8-9-27(4)14-19(20)23(24-3)26-22/h5-6,11,18H,7-10,12-14H2,1-4H3,(H,24,25,26)/t18-/m1/s1. The largest absolute Gasteiger partial charge is 0.373 e. The Kier molecular flexibility index (Phi) is 5.54. The number of anilines is 1. The highest BCUT2D eigenvalue weighted by Gasteiger charge is 2.31. The van der Waals surface area contributed by atoms with Gasteiger partial charge in [-0.15, -0.1) is 0 Å². The number of likely N-dealkylation sites (tertiary alicyclic amines) is 1. The second-order valence-corrected chi connectivity index (χ2v) is 8.51. The first-order chi connectivity index (χ1) is 13.9. The van der Waals surface area contributed by atoms with Crippen molar-refractivity contribution in [1.82, 2.24) is 19.8 Å². The number of nitrogens with one attached hydrogen (secondary N) is 1. The molecule has 1 fully saturated rings. The lowest BCUT2D eigenvalue weighted by molar-refractivity contribution is -0.129. The number of aryl methyl sites for hydroxylation is 2. The smallest absolute Gasteiger partial charge is 0.227 e. The lowest BCUT2D eigenvalue weighted by Gasteiger charge is -2.26. The van der Waals surface area contributed by atoms with Crippen molar-refractivity contribution in [2.24, 2.45) is 0 Å². The van der Waals surface area contributed by atoms with Crippen molar-refractivity contribution in [3.8, 4) is 0 Å². The van der Waals surface area contributed by atoms with Gasteiger partial charge in [0.1, 0.15) is 11.6 Å². The number of likely N-dealkylation sites (N-methyl/N-ethyl adjacent to an activating group) is 1. The Hall–Kier alpha value is -2.47. The van der Waals surface area contributed by atoms with Crippen molar-refractivity contribution in [2.45, 2.75) is 45.6 Å². The summed E-state index contributed by atoms with van der Waals surface area (Å²) in [5, 5.41) is 3.26. The lowest BCUT2D eigenvalue weighted by atomic mass is 10.0. The molecular weight excluding hydrogens is 362 g/mol. The minimum atomic E-state index is 0.198. The quantitative estimate of drug-likeness (QED) is 0.865. The van der Waals surface area contributed by atoms with E-state index in [1.165, 1.54) is 16.7 Å². The van der Waals surface area contributed by atoms with Crippen LogP contribution in [-0.2, 0) is 24.2 Å². The number of carbonyl (C=O) groups excluding carboxylic acids is 1. The Morgan fingerprint density at radius 2 is 2.03 bits per heavy atom. The number of rotatable bonds is 4. The maximum Gasteiger partial charge on any atom is 0.227 e. The van der Waals surface area contributed by atoms with Gasteiger partial charge in [0.2, 0.25) is 5.91 Å². The number of carbonyl (C=O) groups is 1. The molecule has 0 saturated carbocycles. The predicted molar refractivity (Wildman–Crippen MR) is 115 cm³/mol. The summed E-state index contributed by atoms with van der Waals surface area (Å²) in [7, 11) is 4.06. The average Bonchev–Trinajstić information content (AvgIpc) is 3.20. The Labute approximate surface area is 173 Å². The first-order valence-corrected chi connectivity index (χ1v) is 10.5. The van der Waals surface area contributed by atoms with Gasteiger partial charge in [-0.1, -0.05) is 18.2 Å². The van der Waals surface area contributed by atoms with Gasteiger partial charge >= 0.3 is 0 Å². The predicted octanol–water partition coefficient (Wildman–Crippen LogP) is 2.68. The van der Waals surface area contributed by atoms with Gasteiger partial charge in [-0.25, -0.2) is 9.97 Å². The second-order valence-electron chi connectivity index (χ2n) is 8.51. The van der Waals surface area contributed by atoms with Gasteiger partial charge in [0.15, 0.2) is 0 Å². The summed E-state index contributed by atoms with van der Waals surface area (Å²) >= 11 is 0. The molecule has 1 amide bonds. The molecule has 1 atom stereocenters. The van der Waals surface area contributed by atoms with Gasteiger partial charge < -0.3 is 15.1 Å². The summed E-state index contributed by atoms with van der Waals surface area (Å²) in [6.07, 6.45) is 2.35. The number of hydrogen-bond acceptors (Lipinski definition) is 5. The van der Waals surface area contributed by atoms with Crippen LogP contribution in [0.15, 0.2) is 18.2 Å². The zero-order valence-electron chi connectivity index (χ0n) is 18.0. The molecule has 0 radical (unpaired) electrons. The lowest BCUT2D eigenvalue weighted by Crippen LogP contribution is -2.31. The Balaban J connectivity index is 1.46. The molecule has 29 heavy (non-hydrogen) atoms. The van der Waals surface area contributed by atoms with E-state index in [2.05, 4.69) is 49.3 Å². The zero-order valence-corrected chi connectivity index (χ0v) is 18.0. The fourth-order valence-corrected chi connectivity index (χ4v) is 4.35. The minimum absolute atomic E-state index is 0.198. The minimum Gasteiger partial charge on any atom is -0.373 e. The van der Waals surface area contributed by atoms with Gasteiger partial charge in [-0.2, -0.15) is 0 Å². The van der Waals surface area contributed by atoms with Crippen LogP contribution in [0, 0.1) is 13.8 Å². The fraction of sp³-hybridized carbons (Fsp3) is 0.522. The van der Waals surface area contributed by atoms with E-state index in [0.717, 1.165) is 55.4 Å². The fourth-order valence-electron chi connectivity index (χ4n) is 4.35. The van der Waals surface area contributed by atoms with E-state index in [-0.39, 0.29) is 11.8 Å². The van der Waals surface area contributed by atoms with Gasteiger partial charge in [-0.05, 0) is 44.0 Å². The van der Waals surface area contributed by atoms with E-state index in [1.807, 2.05) is 11.9 Å². The van der Waals surface area contributed by atoms with Crippen molar-refractivity contribution >= 4 is 11.7 Å². The van der Waals surface area contributed by atoms with Gasteiger partial charge in [0.25, 0.3) is 0 Å². The van der Waals surface area contributed by atoms with Crippen molar-refractivity contribution in [1.29, 1.82) is 0 Å². The SMILES string of the molecule is CNc1nc([C@@H]2CCN(C(=O)Cc3ccc(C)c(C)c3)C2)nc2c1CN(C)CC2. The molecule has 1 aromatic carbocycles. The topological polar surface area (TPSA) is 61.4 Å². The maximum atomic E-state index is 12.8. The Morgan fingerprint density at radius 3 is 2.79 bits per heavy atom. The molecule has 0 bridgehead atoms. The van der Waals surface area contributed by atoms with Gasteiger partial charge in [0.05, 0.1) is 12.1 Å². The molecule has 1 saturated heterocycles. The molecular formula is C23H31N5O. The number of aromatic nitrogens is 2. The highest BCUT2D eigenvalue weighted by molar-refractivity contribution is 5.79.